The highest BCUT2D eigenvalue weighted by Crippen LogP contribution is 2.34. The van der Waals surface area contributed by atoms with Gasteiger partial charge in [0.15, 0.2) is 11.6 Å². The lowest BCUT2D eigenvalue weighted by Gasteiger charge is -2.13. The number of ether oxygens (including phenoxy) is 1. The molecule has 0 aliphatic heterocycles. The average molecular weight is 353 g/mol. The van der Waals surface area contributed by atoms with E-state index in [1.54, 1.807) is 30.5 Å². The largest absolute Gasteiger partial charge is 0.492 e. The SMILES string of the molecule is CCOc1cnc(-c2ccc(F)c(F)c2)c(-c2ccc(N)c(C=N)c2)c1. The Morgan fingerprint density at radius 1 is 1.08 bits per heavy atom. The summed E-state index contributed by atoms with van der Waals surface area (Å²) < 4.78 is 32.5. The standard InChI is InChI=1S/C20H17F2N3O/c1-2-26-15-9-16(12-4-6-19(24)14(7-12)10-23)20(25-11-15)13-3-5-17(21)18(22)8-13/h3-11,23H,2,24H2,1H3. The van der Waals surface area contributed by atoms with Crippen LogP contribution in [-0.2, 0) is 0 Å². The molecule has 0 saturated heterocycles. The normalized spacial score (nSPS) is 10.6. The minimum Gasteiger partial charge on any atom is -0.492 e. The highest BCUT2D eigenvalue weighted by Gasteiger charge is 2.14. The van der Waals surface area contributed by atoms with Gasteiger partial charge in [0, 0.05) is 28.6 Å². The Kier molecular flexibility index (Phi) is 4.93. The van der Waals surface area contributed by atoms with Crippen LogP contribution >= 0.6 is 0 Å². The number of halogens is 2. The minimum atomic E-state index is -0.943. The smallest absolute Gasteiger partial charge is 0.159 e. The van der Waals surface area contributed by atoms with Crippen molar-refractivity contribution in [2.24, 2.45) is 0 Å². The van der Waals surface area contributed by atoms with E-state index < -0.39 is 11.6 Å². The number of nitrogens with one attached hydrogen (secondary N) is 1. The van der Waals surface area contributed by atoms with Crippen LogP contribution in [-0.4, -0.2) is 17.8 Å². The first-order chi connectivity index (χ1) is 12.5. The van der Waals surface area contributed by atoms with Crippen LogP contribution in [0.15, 0.2) is 48.7 Å². The van der Waals surface area contributed by atoms with E-state index >= 15 is 0 Å². The number of rotatable bonds is 5. The number of anilines is 1. The number of nitrogens with zero attached hydrogens (tertiary/aromatic N) is 1. The highest BCUT2D eigenvalue weighted by atomic mass is 19.2. The Morgan fingerprint density at radius 3 is 2.54 bits per heavy atom. The van der Waals surface area contributed by atoms with Crippen molar-refractivity contribution in [2.75, 3.05) is 12.3 Å². The Bertz CT molecular complexity index is 973. The van der Waals surface area contributed by atoms with E-state index in [1.807, 2.05) is 6.92 Å². The summed E-state index contributed by atoms with van der Waals surface area (Å²) in [6.45, 7) is 2.33. The van der Waals surface area contributed by atoms with E-state index in [2.05, 4.69) is 4.98 Å². The van der Waals surface area contributed by atoms with Crippen LogP contribution in [0.5, 0.6) is 5.75 Å². The van der Waals surface area contributed by atoms with E-state index in [9.17, 15) is 8.78 Å². The van der Waals surface area contributed by atoms with Crippen LogP contribution in [0.2, 0.25) is 0 Å². The van der Waals surface area contributed by atoms with E-state index in [1.165, 1.54) is 6.07 Å². The van der Waals surface area contributed by atoms with Crippen LogP contribution < -0.4 is 10.5 Å². The summed E-state index contributed by atoms with van der Waals surface area (Å²) >= 11 is 0. The minimum absolute atomic E-state index is 0.440. The highest BCUT2D eigenvalue weighted by molar-refractivity contribution is 5.90. The van der Waals surface area contributed by atoms with Gasteiger partial charge in [0.1, 0.15) is 5.75 Å². The molecule has 0 bridgehead atoms. The molecule has 1 heterocycles. The summed E-state index contributed by atoms with van der Waals surface area (Å²) in [7, 11) is 0. The molecule has 0 amide bonds. The maximum Gasteiger partial charge on any atom is 0.159 e. The first kappa shape index (κ1) is 17.5. The molecule has 26 heavy (non-hydrogen) atoms. The van der Waals surface area contributed by atoms with Crippen molar-refractivity contribution >= 4 is 11.9 Å². The lowest BCUT2D eigenvalue weighted by atomic mass is 9.97. The first-order valence-corrected chi connectivity index (χ1v) is 8.02. The number of hydrogen-bond acceptors (Lipinski definition) is 4. The Labute approximate surface area is 149 Å². The molecule has 3 N–H and O–H groups in total. The molecule has 4 nitrogen and oxygen atoms in total. The van der Waals surface area contributed by atoms with Gasteiger partial charge in [0.25, 0.3) is 0 Å². The number of aromatic nitrogens is 1. The fraction of sp³-hybridized carbons (Fsp3) is 0.100. The molecular weight excluding hydrogens is 336 g/mol. The third kappa shape index (κ3) is 3.39. The zero-order chi connectivity index (χ0) is 18.7. The second-order valence-corrected chi connectivity index (χ2v) is 5.62. The molecule has 0 radical (unpaired) electrons. The van der Waals surface area contributed by atoms with Gasteiger partial charge in [0.2, 0.25) is 0 Å². The molecule has 0 saturated carbocycles. The summed E-state index contributed by atoms with van der Waals surface area (Å²) in [6.07, 6.45) is 2.70. The van der Waals surface area contributed by atoms with Crippen molar-refractivity contribution in [1.29, 1.82) is 5.41 Å². The lowest BCUT2D eigenvalue weighted by Crippen LogP contribution is -1.98. The van der Waals surface area contributed by atoms with Crippen molar-refractivity contribution in [1.82, 2.24) is 4.98 Å². The third-order valence-electron chi connectivity index (χ3n) is 3.92. The van der Waals surface area contributed by atoms with Crippen molar-refractivity contribution in [2.45, 2.75) is 6.92 Å². The molecule has 3 aromatic rings. The molecule has 0 unspecified atom stereocenters. The lowest BCUT2D eigenvalue weighted by molar-refractivity contribution is 0.339. The summed E-state index contributed by atoms with van der Waals surface area (Å²) in [6, 6.07) is 10.7. The predicted octanol–water partition coefficient (Wildman–Crippen LogP) is 4.67. The summed E-state index contributed by atoms with van der Waals surface area (Å²) in [4.78, 5) is 4.39. The van der Waals surface area contributed by atoms with E-state index in [4.69, 9.17) is 15.9 Å². The maximum atomic E-state index is 13.7. The number of nitrogens with two attached hydrogens (primary N) is 1. The summed E-state index contributed by atoms with van der Waals surface area (Å²) in [5, 5.41) is 7.48. The van der Waals surface area contributed by atoms with Crippen molar-refractivity contribution < 1.29 is 13.5 Å². The molecule has 0 fully saturated rings. The van der Waals surface area contributed by atoms with Gasteiger partial charge in [-0.1, -0.05) is 6.07 Å². The van der Waals surface area contributed by atoms with Gasteiger partial charge in [-0.2, -0.15) is 0 Å². The monoisotopic (exact) mass is 353 g/mol. The molecule has 2 aromatic carbocycles. The summed E-state index contributed by atoms with van der Waals surface area (Å²) in [5.41, 5.74) is 9.23. The molecule has 0 spiro atoms. The van der Waals surface area contributed by atoms with Crippen LogP contribution in [0.1, 0.15) is 12.5 Å². The zero-order valence-electron chi connectivity index (χ0n) is 14.1. The Morgan fingerprint density at radius 2 is 1.85 bits per heavy atom. The van der Waals surface area contributed by atoms with E-state index in [0.717, 1.165) is 23.9 Å². The van der Waals surface area contributed by atoms with Crippen LogP contribution in [0.25, 0.3) is 22.4 Å². The molecular formula is C20H17F2N3O. The van der Waals surface area contributed by atoms with Crippen molar-refractivity contribution in [3.8, 4) is 28.1 Å². The molecule has 132 valence electrons. The number of benzene rings is 2. The van der Waals surface area contributed by atoms with Gasteiger partial charge in [-0.25, -0.2) is 8.78 Å². The van der Waals surface area contributed by atoms with Crippen LogP contribution in [0.3, 0.4) is 0 Å². The zero-order valence-corrected chi connectivity index (χ0v) is 14.1. The molecule has 1 aromatic heterocycles. The van der Waals surface area contributed by atoms with Gasteiger partial charge in [-0.15, -0.1) is 0 Å². The van der Waals surface area contributed by atoms with Crippen molar-refractivity contribution in [3.05, 3.63) is 65.9 Å². The quantitative estimate of drug-likeness (QED) is 0.517. The van der Waals surface area contributed by atoms with Gasteiger partial charge < -0.3 is 15.9 Å². The molecule has 0 atom stereocenters. The average Bonchev–Trinajstić information content (AvgIpc) is 2.65. The maximum absolute atomic E-state index is 13.7. The molecule has 6 heteroatoms. The topological polar surface area (TPSA) is 72.0 Å². The number of hydrogen-bond donors (Lipinski definition) is 2. The fourth-order valence-corrected chi connectivity index (χ4v) is 2.65. The fourth-order valence-electron chi connectivity index (χ4n) is 2.65. The molecule has 0 aliphatic carbocycles. The molecule has 0 aliphatic rings. The second kappa shape index (κ2) is 7.31. The van der Waals surface area contributed by atoms with Gasteiger partial charge in [-0.05, 0) is 48.9 Å². The Hall–Kier alpha value is -3.28. The van der Waals surface area contributed by atoms with E-state index in [0.29, 0.717) is 40.4 Å². The number of pyridine rings is 1. The van der Waals surface area contributed by atoms with Gasteiger partial charge in [-0.3, -0.25) is 4.98 Å². The Balaban J connectivity index is 2.22. The van der Waals surface area contributed by atoms with Crippen LogP contribution in [0.4, 0.5) is 14.5 Å². The van der Waals surface area contributed by atoms with Crippen LogP contribution in [0, 0.1) is 17.0 Å². The summed E-state index contributed by atoms with van der Waals surface area (Å²) in [5.74, 6) is -1.30. The third-order valence-corrected chi connectivity index (χ3v) is 3.92. The first-order valence-electron chi connectivity index (χ1n) is 8.02. The second-order valence-electron chi connectivity index (χ2n) is 5.62. The predicted molar refractivity (Wildman–Crippen MR) is 98.5 cm³/mol. The van der Waals surface area contributed by atoms with E-state index in [-0.39, 0.29) is 0 Å². The number of nitrogen functional groups attached to an aromatic ring is 1. The van der Waals surface area contributed by atoms with Crippen molar-refractivity contribution in [3.63, 3.8) is 0 Å². The van der Waals surface area contributed by atoms with Gasteiger partial charge >= 0.3 is 0 Å². The molecule has 3 rings (SSSR count). The van der Waals surface area contributed by atoms with Gasteiger partial charge in [0.05, 0.1) is 18.5 Å².